The van der Waals surface area contributed by atoms with Crippen molar-refractivity contribution in [3.05, 3.63) is 60.1 Å². The lowest BCUT2D eigenvalue weighted by Crippen LogP contribution is -2.44. The molecule has 0 aliphatic rings. The van der Waals surface area contributed by atoms with Crippen molar-refractivity contribution in [3.63, 3.8) is 0 Å². The average Bonchev–Trinajstić information content (AvgIpc) is 3.38. The summed E-state index contributed by atoms with van der Waals surface area (Å²) < 4.78 is 19.2. The molecule has 0 radical (unpaired) electrons. The third-order valence-electron chi connectivity index (χ3n) is 4.74. The Hall–Kier alpha value is -3.79. The number of carbonyl (C=O) groups excluding carboxylic acids is 1. The molecule has 1 atom stereocenters. The van der Waals surface area contributed by atoms with Crippen LogP contribution in [0.1, 0.15) is 24.4 Å². The Morgan fingerprint density at radius 1 is 1.12 bits per heavy atom. The van der Waals surface area contributed by atoms with Crippen LogP contribution in [-0.4, -0.2) is 33.2 Å². The van der Waals surface area contributed by atoms with Gasteiger partial charge in [0.15, 0.2) is 5.13 Å². The molecular formula is C22H19FN4O4S. The number of carboxylic acid groups (broad SMARTS) is 1. The van der Waals surface area contributed by atoms with E-state index >= 15 is 0 Å². The van der Waals surface area contributed by atoms with Gasteiger partial charge < -0.3 is 20.3 Å². The third-order valence-corrected chi connectivity index (χ3v) is 5.67. The zero-order valence-electron chi connectivity index (χ0n) is 17.1. The van der Waals surface area contributed by atoms with Crippen molar-refractivity contribution in [3.8, 4) is 11.3 Å². The lowest BCUT2D eigenvalue weighted by Gasteiger charge is -2.16. The molecule has 0 aliphatic carbocycles. The molecule has 10 heteroatoms. The summed E-state index contributed by atoms with van der Waals surface area (Å²) in [5, 5.41) is 19.4. The number of carboxylic acids is 1. The Labute approximate surface area is 186 Å². The Balaban J connectivity index is 1.45. The summed E-state index contributed by atoms with van der Waals surface area (Å²) in [5.41, 5.74) is 2.64. The first-order valence-corrected chi connectivity index (χ1v) is 10.6. The second-order valence-corrected chi connectivity index (χ2v) is 8.47. The number of halogens is 1. The van der Waals surface area contributed by atoms with Crippen LogP contribution in [0.5, 0.6) is 0 Å². The molecule has 0 spiro atoms. The largest absolute Gasteiger partial charge is 0.480 e. The van der Waals surface area contributed by atoms with Crippen LogP contribution in [0, 0.1) is 11.7 Å². The number of aromatic nitrogens is 2. The summed E-state index contributed by atoms with van der Waals surface area (Å²) in [6.07, 6.45) is 0. The summed E-state index contributed by atoms with van der Waals surface area (Å²) in [5.74, 6) is -2.42. The van der Waals surface area contributed by atoms with Gasteiger partial charge in [-0.15, -0.1) is 0 Å². The van der Waals surface area contributed by atoms with E-state index in [1.165, 1.54) is 29.5 Å². The maximum atomic E-state index is 13.4. The van der Waals surface area contributed by atoms with Gasteiger partial charge in [-0.2, -0.15) is 0 Å². The lowest BCUT2D eigenvalue weighted by molar-refractivity contribution is -0.140. The molecule has 8 nitrogen and oxygen atoms in total. The van der Waals surface area contributed by atoms with E-state index in [0.717, 1.165) is 10.4 Å². The summed E-state index contributed by atoms with van der Waals surface area (Å²) in [6.45, 7) is 3.40. The standard InChI is InChI=1S/C22H19FN4O4S/c1-11(2)19(21(29)30)26-20(28)17-10-16(27-31-17)12-3-6-14(7-4-12)24-22-25-15-8-5-13(23)9-18(15)32-22/h3-11,19H,1-2H3,(H,24,25)(H,26,28)(H,29,30)/t19-/m0/s1. The third kappa shape index (κ3) is 4.59. The van der Waals surface area contributed by atoms with Gasteiger partial charge in [0.1, 0.15) is 17.6 Å². The fourth-order valence-corrected chi connectivity index (χ4v) is 3.95. The molecule has 0 aliphatic heterocycles. The van der Waals surface area contributed by atoms with Crippen molar-refractivity contribution in [1.82, 2.24) is 15.5 Å². The molecule has 0 bridgehead atoms. The van der Waals surface area contributed by atoms with E-state index in [0.29, 0.717) is 21.9 Å². The molecule has 4 rings (SSSR count). The fraction of sp³-hybridized carbons (Fsp3) is 0.182. The molecule has 0 fully saturated rings. The van der Waals surface area contributed by atoms with Crippen LogP contribution in [-0.2, 0) is 4.79 Å². The predicted octanol–water partition coefficient (Wildman–Crippen LogP) is 4.67. The van der Waals surface area contributed by atoms with Gasteiger partial charge in [-0.25, -0.2) is 14.2 Å². The number of benzene rings is 2. The number of rotatable bonds is 7. The highest BCUT2D eigenvalue weighted by atomic mass is 32.1. The van der Waals surface area contributed by atoms with E-state index in [-0.39, 0.29) is 17.5 Å². The fourth-order valence-electron chi connectivity index (χ4n) is 3.04. The van der Waals surface area contributed by atoms with Crippen molar-refractivity contribution in [2.75, 3.05) is 5.32 Å². The second-order valence-electron chi connectivity index (χ2n) is 7.44. The molecular weight excluding hydrogens is 435 g/mol. The zero-order chi connectivity index (χ0) is 22.8. The molecule has 164 valence electrons. The van der Waals surface area contributed by atoms with Crippen molar-refractivity contribution < 1.29 is 23.6 Å². The van der Waals surface area contributed by atoms with Crippen molar-refractivity contribution in [2.45, 2.75) is 19.9 Å². The van der Waals surface area contributed by atoms with E-state index < -0.39 is 17.9 Å². The number of thiazole rings is 1. The molecule has 2 aromatic carbocycles. The molecule has 32 heavy (non-hydrogen) atoms. The van der Waals surface area contributed by atoms with Crippen LogP contribution < -0.4 is 10.6 Å². The number of aliphatic carboxylic acids is 1. The number of fused-ring (bicyclic) bond motifs is 1. The number of hydrogen-bond acceptors (Lipinski definition) is 7. The highest BCUT2D eigenvalue weighted by molar-refractivity contribution is 7.22. The molecule has 0 saturated heterocycles. The molecule has 0 unspecified atom stereocenters. The van der Waals surface area contributed by atoms with Crippen molar-refractivity contribution in [1.29, 1.82) is 0 Å². The van der Waals surface area contributed by atoms with Gasteiger partial charge in [0, 0.05) is 17.3 Å². The molecule has 2 aromatic heterocycles. The van der Waals surface area contributed by atoms with E-state index in [1.54, 1.807) is 32.0 Å². The van der Waals surface area contributed by atoms with Crippen LogP contribution in [0.3, 0.4) is 0 Å². The van der Waals surface area contributed by atoms with Crippen LogP contribution in [0.15, 0.2) is 53.1 Å². The van der Waals surface area contributed by atoms with E-state index in [4.69, 9.17) is 4.52 Å². The highest BCUT2D eigenvalue weighted by Crippen LogP contribution is 2.29. The van der Waals surface area contributed by atoms with E-state index in [2.05, 4.69) is 20.8 Å². The summed E-state index contributed by atoms with van der Waals surface area (Å²) in [4.78, 5) is 28.0. The Morgan fingerprint density at radius 3 is 2.56 bits per heavy atom. The Morgan fingerprint density at radius 2 is 1.88 bits per heavy atom. The number of carbonyl (C=O) groups is 2. The molecule has 4 aromatic rings. The molecule has 2 heterocycles. The lowest BCUT2D eigenvalue weighted by atomic mass is 10.0. The maximum absolute atomic E-state index is 13.4. The van der Waals surface area contributed by atoms with Crippen LogP contribution in [0.25, 0.3) is 21.5 Å². The van der Waals surface area contributed by atoms with Gasteiger partial charge in [-0.05, 0) is 36.2 Å². The first-order valence-electron chi connectivity index (χ1n) is 9.74. The van der Waals surface area contributed by atoms with E-state index in [9.17, 15) is 19.1 Å². The molecule has 0 saturated carbocycles. The van der Waals surface area contributed by atoms with Crippen LogP contribution >= 0.6 is 11.3 Å². The Kier molecular flexibility index (Phi) is 5.87. The van der Waals surface area contributed by atoms with Gasteiger partial charge >= 0.3 is 5.97 Å². The van der Waals surface area contributed by atoms with Crippen LogP contribution in [0.4, 0.5) is 15.2 Å². The number of nitrogens with one attached hydrogen (secondary N) is 2. The SMILES string of the molecule is CC(C)[C@H](NC(=O)c1cc(-c2ccc(Nc3nc4ccc(F)cc4s3)cc2)no1)C(=O)O. The highest BCUT2D eigenvalue weighted by Gasteiger charge is 2.25. The van der Waals surface area contributed by atoms with Crippen LogP contribution in [0.2, 0.25) is 0 Å². The van der Waals surface area contributed by atoms with Gasteiger partial charge in [-0.1, -0.05) is 42.5 Å². The quantitative estimate of drug-likeness (QED) is 0.371. The maximum Gasteiger partial charge on any atom is 0.326 e. The summed E-state index contributed by atoms with van der Waals surface area (Å²) in [7, 11) is 0. The molecule has 1 amide bonds. The minimum atomic E-state index is -1.12. The minimum absolute atomic E-state index is 0.0733. The number of hydrogen-bond donors (Lipinski definition) is 3. The normalized spacial score (nSPS) is 12.1. The zero-order valence-corrected chi connectivity index (χ0v) is 17.9. The van der Waals surface area contributed by atoms with Gasteiger partial charge in [0.2, 0.25) is 5.76 Å². The Bertz CT molecular complexity index is 1280. The monoisotopic (exact) mass is 454 g/mol. The van der Waals surface area contributed by atoms with Gasteiger partial charge in [-0.3, -0.25) is 4.79 Å². The number of amides is 1. The van der Waals surface area contributed by atoms with Crippen molar-refractivity contribution in [2.24, 2.45) is 5.92 Å². The average molecular weight is 454 g/mol. The van der Waals surface area contributed by atoms with Gasteiger partial charge in [0.05, 0.1) is 10.2 Å². The second kappa shape index (κ2) is 8.75. The predicted molar refractivity (Wildman–Crippen MR) is 119 cm³/mol. The summed E-state index contributed by atoms with van der Waals surface area (Å²) in [6, 6.07) is 12.1. The van der Waals surface area contributed by atoms with Gasteiger partial charge in [0.25, 0.3) is 5.91 Å². The minimum Gasteiger partial charge on any atom is -0.480 e. The van der Waals surface area contributed by atoms with E-state index in [1.807, 2.05) is 12.1 Å². The summed E-state index contributed by atoms with van der Waals surface area (Å²) >= 11 is 1.35. The first kappa shape index (κ1) is 21.4. The topological polar surface area (TPSA) is 117 Å². The number of nitrogens with zero attached hydrogens (tertiary/aromatic N) is 2. The molecule has 3 N–H and O–H groups in total. The first-order chi connectivity index (χ1) is 15.3. The smallest absolute Gasteiger partial charge is 0.326 e. The number of anilines is 2. The van der Waals surface area contributed by atoms with Crippen molar-refractivity contribution >= 4 is 44.2 Å².